The zero-order valence-corrected chi connectivity index (χ0v) is 10.4. The van der Waals surface area contributed by atoms with E-state index in [1.807, 2.05) is 6.92 Å². The van der Waals surface area contributed by atoms with E-state index in [0.29, 0.717) is 6.42 Å². The number of hydrogen-bond acceptors (Lipinski definition) is 3. The highest BCUT2D eigenvalue weighted by Crippen LogP contribution is 2.17. The van der Waals surface area contributed by atoms with E-state index >= 15 is 0 Å². The molecule has 1 rings (SSSR count). The van der Waals surface area contributed by atoms with Crippen molar-refractivity contribution in [1.82, 2.24) is 5.32 Å². The van der Waals surface area contributed by atoms with Crippen LogP contribution in [0.2, 0.25) is 0 Å². The molecule has 0 heterocycles. The Bertz CT molecular complexity index is 442. The SMILES string of the molecule is CCC(C)(CO)NCc1c(F)cc(C#N)cc1F. The third-order valence-corrected chi connectivity index (χ3v) is 3.09. The third kappa shape index (κ3) is 3.25. The number of aliphatic hydroxyl groups excluding tert-OH is 1. The molecule has 0 bridgehead atoms. The van der Waals surface area contributed by atoms with Crippen molar-refractivity contribution in [1.29, 1.82) is 5.26 Å². The Kier molecular flexibility index (Phi) is 4.76. The van der Waals surface area contributed by atoms with Gasteiger partial charge in [0.05, 0.1) is 18.2 Å². The van der Waals surface area contributed by atoms with Crippen LogP contribution in [0.1, 0.15) is 31.4 Å². The molecule has 0 radical (unpaired) electrons. The van der Waals surface area contributed by atoms with Gasteiger partial charge in [-0.2, -0.15) is 5.26 Å². The average Bonchev–Trinajstić information content (AvgIpc) is 2.37. The molecule has 0 aliphatic rings. The number of nitriles is 1. The van der Waals surface area contributed by atoms with Gasteiger partial charge in [-0.15, -0.1) is 0 Å². The fourth-order valence-corrected chi connectivity index (χ4v) is 1.43. The molecule has 98 valence electrons. The molecule has 0 aliphatic carbocycles. The maximum atomic E-state index is 13.6. The number of benzene rings is 1. The predicted octanol–water partition coefficient (Wildman–Crippen LogP) is 2.09. The first kappa shape index (κ1) is 14.6. The lowest BCUT2D eigenvalue weighted by Crippen LogP contribution is -2.44. The van der Waals surface area contributed by atoms with E-state index in [9.17, 15) is 13.9 Å². The molecule has 0 saturated heterocycles. The van der Waals surface area contributed by atoms with E-state index in [0.717, 1.165) is 12.1 Å². The Morgan fingerprint density at radius 2 is 1.94 bits per heavy atom. The van der Waals surface area contributed by atoms with Crippen LogP contribution < -0.4 is 5.32 Å². The molecule has 1 unspecified atom stereocenters. The number of aliphatic hydroxyl groups is 1. The van der Waals surface area contributed by atoms with Crippen LogP contribution in [0, 0.1) is 23.0 Å². The summed E-state index contributed by atoms with van der Waals surface area (Å²) in [5.41, 5.74) is -0.747. The standard InChI is InChI=1S/C13H16F2N2O/c1-3-13(2,8-18)17-7-10-11(14)4-9(6-16)5-12(10)15/h4-5,17-18H,3,7-8H2,1-2H3. The monoisotopic (exact) mass is 254 g/mol. The second kappa shape index (κ2) is 5.89. The van der Waals surface area contributed by atoms with Crippen LogP contribution in [-0.4, -0.2) is 17.3 Å². The fraction of sp³-hybridized carbons (Fsp3) is 0.462. The molecule has 0 fully saturated rings. The second-order valence-corrected chi connectivity index (χ2v) is 4.46. The number of halogens is 2. The van der Waals surface area contributed by atoms with Crippen molar-refractivity contribution in [2.75, 3.05) is 6.61 Å². The zero-order valence-electron chi connectivity index (χ0n) is 10.4. The summed E-state index contributed by atoms with van der Waals surface area (Å²) in [6.07, 6.45) is 0.628. The van der Waals surface area contributed by atoms with E-state index in [2.05, 4.69) is 5.32 Å². The minimum Gasteiger partial charge on any atom is -0.394 e. The van der Waals surface area contributed by atoms with Gasteiger partial charge in [-0.05, 0) is 25.5 Å². The van der Waals surface area contributed by atoms with E-state index in [4.69, 9.17) is 5.26 Å². The molecule has 0 spiro atoms. The van der Waals surface area contributed by atoms with Crippen molar-refractivity contribution in [2.45, 2.75) is 32.4 Å². The molecular weight excluding hydrogens is 238 g/mol. The Hall–Kier alpha value is -1.51. The second-order valence-electron chi connectivity index (χ2n) is 4.46. The summed E-state index contributed by atoms with van der Waals surface area (Å²) in [7, 11) is 0. The van der Waals surface area contributed by atoms with Gasteiger partial charge in [-0.3, -0.25) is 0 Å². The normalized spacial score (nSPS) is 14.0. The molecule has 1 aromatic carbocycles. The summed E-state index contributed by atoms with van der Waals surface area (Å²) >= 11 is 0. The van der Waals surface area contributed by atoms with Crippen LogP contribution in [-0.2, 0) is 6.54 Å². The number of nitrogens with zero attached hydrogens (tertiary/aromatic N) is 1. The molecule has 0 aliphatic heterocycles. The van der Waals surface area contributed by atoms with Gasteiger partial charge in [0.2, 0.25) is 0 Å². The van der Waals surface area contributed by atoms with Crippen molar-refractivity contribution < 1.29 is 13.9 Å². The highest BCUT2D eigenvalue weighted by Gasteiger charge is 2.21. The van der Waals surface area contributed by atoms with Gasteiger partial charge in [-0.1, -0.05) is 6.92 Å². The summed E-state index contributed by atoms with van der Waals surface area (Å²) in [4.78, 5) is 0. The lowest BCUT2D eigenvalue weighted by Gasteiger charge is -2.27. The Morgan fingerprint density at radius 1 is 1.39 bits per heavy atom. The minimum atomic E-state index is -0.754. The molecule has 0 saturated carbocycles. The van der Waals surface area contributed by atoms with Crippen LogP contribution in [0.4, 0.5) is 8.78 Å². The number of nitrogens with one attached hydrogen (secondary N) is 1. The van der Waals surface area contributed by atoms with E-state index in [1.165, 1.54) is 0 Å². The van der Waals surface area contributed by atoms with Gasteiger partial charge in [-0.25, -0.2) is 8.78 Å². The lowest BCUT2D eigenvalue weighted by atomic mass is 9.99. The van der Waals surface area contributed by atoms with Crippen LogP contribution in [0.25, 0.3) is 0 Å². The van der Waals surface area contributed by atoms with Crippen molar-refractivity contribution in [3.63, 3.8) is 0 Å². The van der Waals surface area contributed by atoms with Crippen LogP contribution in [0.5, 0.6) is 0 Å². The average molecular weight is 254 g/mol. The van der Waals surface area contributed by atoms with Gasteiger partial charge in [0.25, 0.3) is 0 Å². The quantitative estimate of drug-likeness (QED) is 0.846. The summed E-state index contributed by atoms with van der Waals surface area (Å²) in [6.45, 7) is 3.48. The molecule has 5 heteroatoms. The van der Waals surface area contributed by atoms with Gasteiger partial charge in [0.15, 0.2) is 0 Å². The van der Waals surface area contributed by atoms with Crippen molar-refractivity contribution in [3.05, 3.63) is 34.9 Å². The summed E-state index contributed by atoms with van der Waals surface area (Å²) in [5.74, 6) is -1.51. The maximum Gasteiger partial charge on any atom is 0.131 e. The Morgan fingerprint density at radius 3 is 2.33 bits per heavy atom. The highest BCUT2D eigenvalue weighted by molar-refractivity contribution is 5.34. The van der Waals surface area contributed by atoms with Gasteiger partial charge >= 0.3 is 0 Å². The van der Waals surface area contributed by atoms with E-state index in [1.54, 1.807) is 13.0 Å². The van der Waals surface area contributed by atoms with E-state index in [-0.39, 0.29) is 24.3 Å². The maximum absolute atomic E-state index is 13.6. The molecule has 1 atom stereocenters. The van der Waals surface area contributed by atoms with Crippen LogP contribution >= 0.6 is 0 Å². The fourth-order valence-electron chi connectivity index (χ4n) is 1.43. The number of hydrogen-bond donors (Lipinski definition) is 2. The summed E-state index contributed by atoms with van der Waals surface area (Å²) < 4.78 is 27.2. The lowest BCUT2D eigenvalue weighted by molar-refractivity contribution is 0.168. The van der Waals surface area contributed by atoms with Crippen molar-refractivity contribution >= 4 is 0 Å². The van der Waals surface area contributed by atoms with Crippen molar-refractivity contribution in [2.24, 2.45) is 0 Å². The molecular formula is C13H16F2N2O. The Balaban J connectivity index is 2.90. The Labute approximate surface area is 105 Å². The molecule has 18 heavy (non-hydrogen) atoms. The largest absolute Gasteiger partial charge is 0.394 e. The highest BCUT2D eigenvalue weighted by atomic mass is 19.1. The molecule has 0 amide bonds. The first-order valence-electron chi connectivity index (χ1n) is 5.69. The van der Waals surface area contributed by atoms with Gasteiger partial charge in [0, 0.05) is 17.6 Å². The number of rotatable bonds is 5. The van der Waals surface area contributed by atoms with E-state index < -0.39 is 17.2 Å². The topological polar surface area (TPSA) is 56.0 Å². The predicted molar refractivity (Wildman–Crippen MR) is 63.7 cm³/mol. The smallest absolute Gasteiger partial charge is 0.131 e. The molecule has 1 aromatic rings. The molecule has 2 N–H and O–H groups in total. The first-order valence-corrected chi connectivity index (χ1v) is 5.69. The van der Waals surface area contributed by atoms with Crippen molar-refractivity contribution in [3.8, 4) is 6.07 Å². The van der Waals surface area contributed by atoms with Crippen LogP contribution in [0.3, 0.4) is 0 Å². The minimum absolute atomic E-state index is 0.0335. The first-order chi connectivity index (χ1) is 8.45. The third-order valence-electron chi connectivity index (χ3n) is 3.09. The van der Waals surface area contributed by atoms with Gasteiger partial charge < -0.3 is 10.4 Å². The summed E-state index contributed by atoms with van der Waals surface area (Å²) in [5, 5.41) is 20.7. The van der Waals surface area contributed by atoms with Gasteiger partial charge in [0.1, 0.15) is 11.6 Å². The van der Waals surface area contributed by atoms with Crippen LogP contribution in [0.15, 0.2) is 12.1 Å². The summed E-state index contributed by atoms with van der Waals surface area (Å²) in [6, 6.07) is 3.69. The zero-order chi connectivity index (χ0) is 13.8. The molecule has 3 nitrogen and oxygen atoms in total. The molecule has 0 aromatic heterocycles.